The van der Waals surface area contributed by atoms with Crippen LogP contribution in [0.15, 0.2) is 30.5 Å². The Kier molecular flexibility index (Phi) is 3.85. The lowest BCUT2D eigenvalue weighted by atomic mass is 10.1. The molecule has 0 aliphatic carbocycles. The second kappa shape index (κ2) is 5.37. The van der Waals surface area contributed by atoms with Crippen molar-refractivity contribution < 1.29 is 5.11 Å². The van der Waals surface area contributed by atoms with Gasteiger partial charge in [0.25, 0.3) is 0 Å². The van der Waals surface area contributed by atoms with Crippen LogP contribution >= 0.6 is 0 Å². The number of nitrogens with zero attached hydrogens (tertiary/aromatic N) is 1. The van der Waals surface area contributed by atoms with Crippen molar-refractivity contribution in [1.29, 1.82) is 0 Å². The van der Waals surface area contributed by atoms with Gasteiger partial charge in [-0.15, -0.1) is 0 Å². The molecule has 1 N–H and O–H groups in total. The van der Waals surface area contributed by atoms with E-state index in [0.29, 0.717) is 5.92 Å². The fraction of sp³-hybridized carbons (Fsp3) is 0.467. The van der Waals surface area contributed by atoms with Crippen LogP contribution in [0.3, 0.4) is 0 Å². The molecule has 1 heterocycles. The van der Waals surface area contributed by atoms with E-state index < -0.39 is 0 Å². The second-order valence-corrected chi connectivity index (χ2v) is 4.88. The van der Waals surface area contributed by atoms with Crippen LogP contribution in [0.5, 0.6) is 0 Å². The third kappa shape index (κ3) is 2.52. The maximum absolute atomic E-state index is 9.37. The molecule has 0 radical (unpaired) electrons. The van der Waals surface area contributed by atoms with Gasteiger partial charge in [-0.05, 0) is 18.4 Å². The molecule has 2 nitrogen and oxygen atoms in total. The van der Waals surface area contributed by atoms with E-state index in [0.717, 1.165) is 12.1 Å². The van der Waals surface area contributed by atoms with Gasteiger partial charge in [-0.3, -0.25) is 0 Å². The molecule has 0 saturated carbocycles. The average molecular weight is 231 g/mol. The summed E-state index contributed by atoms with van der Waals surface area (Å²) in [5, 5.41) is 10.6. The molecular formula is C15H21NO. The molecule has 2 heteroatoms. The summed E-state index contributed by atoms with van der Waals surface area (Å²) in [4.78, 5) is 0. The highest BCUT2D eigenvalue weighted by molar-refractivity contribution is 5.83. The zero-order valence-electron chi connectivity index (χ0n) is 10.7. The summed E-state index contributed by atoms with van der Waals surface area (Å²) >= 11 is 0. The van der Waals surface area contributed by atoms with Crippen molar-refractivity contribution in [3.8, 4) is 0 Å². The zero-order valence-corrected chi connectivity index (χ0v) is 10.7. The molecule has 0 spiro atoms. The number of rotatable bonds is 5. The minimum absolute atomic E-state index is 0.121. The number of hydrogen-bond acceptors (Lipinski definition) is 1. The Labute approximate surface area is 103 Å². The van der Waals surface area contributed by atoms with Crippen LogP contribution < -0.4 is 0 Å². The first-order chi connectivity index (χ1) is 8.26. The highest BCUT2D eigenvalue weighted by Gasteiger charge is 2.09. The van der Waals surface area contributed by atoms with E-state index in [9.17, 15) is 5.11 Å². The number of benzene rings is 1. The topological polar surface area (TPSA) is 25.2 Å². The fourth-order valence-corrected chi connectivity index (χ4v) is 2.52. The molecule has 0 aliphatic heterocycles. The van der Waals surface area contributed by atoms with Crippen molar-refractivity contribution in [2.24, 2.45) is 5.92 Å². The molecule has 0 saturated heterocycles. The lowest BCUT2D eigenvalue weighted by Gasteiger charge is -2.12. The van der Waals surface area contributed by atoms with E-state index in [4.69, 9.17) is 0 Å². The number of hydrogen-bond donors (Lipinski definition) is 1. The molecule has 2 aromatic rings. The van der Waals surface area contributed by atoms with Crippen LogP contribution in [0.1, 0.15) is 32.3 Å². The summed E-state index contributed by atoms with van der Waals surface area (Å²) in [6.45, 7) is 5.67. The first-order valence-corrected chi connectivity index (χ1v) is 6.43. The van der Waals surface area contributed by atoms with E-state index in [1.807, 2.05) is 6.07 Å². The van der Waals surface area contributed by atoms with Crippen LogP contribution in [-0.4, -0.2) is 9.67 Å². The van der Waals surface area contributed by atoms with Crippen molar-refractivity contribution in [2.75, 3.05) is 0 Å². The maximum atomic E-state index is 9.37. The summed E-state index contributed by atoms with van der Waals surface area (Å²) in [6, 6.07) is 8.31. The van der Waals surface area contributed by atoms with E-state index in [1.165, 1.54) is 23.7 Å². The Morgan fingerprint density at radius 2 is 2.06 bits per heavy atom. The van der Waals surface area contributed by atoms with E-state index in [-0.39, 0.29) is 6.61 Å². The molecule has 92 valence electrons. The molecule has 1 unspecified atom stereocenters. The Bertz CT molecular complexity index is 487. The minimum Gasteiger partial charge on any atom is -0.392 e. The smallest absolute Gasteiger partial charge is 0.0702 e. The van der Waals surface area contributed by atoms with Gasteiger partial charge in [0.15, 0.2) is 0 Å². The van der Waals surface area contributed by atoms with Gasteiger partial charge in [-0.2, -0.15) is 0 Å². The predicted molar refractivity (Wildman–Crippen MR) is 71.9 cm³/mol. The van der Waals surface area contributed by atoms with Crippen molar-refractivity contribution in [1.82, 2.24) is 4.57 Å². The quantitative estimate of drug-likeness (QED) is 0.836. The minimum atomic E-state index is 0.121. The molecule has 0 fully saturated rings. The van der Waals surface area contributed by atoms with Crippen LogP contribution in [0, 0.1) is 5.92 Å². The molecule has 1 aromatic heterocycles. The first kappa shape index (κ1) is 12.2. The van der Waals surface area contributed by atoms with Crippen molar-refractivity contribution in [3.05, 3.63) is 36.0 Å². The molecule has 0 aliphatic rings. The van der Waals surface area contributed by atoms with Crippen molar-refractivity contribution >= 4 is 10.9 Å². The number of aliphatic hydroxyl groups is 1. The highest BCUT2D eigenvalue weighted by atomic mass is 16.3. The Morgan fingerprint density at radius 1 is 1.29 bits per heavy atom. The van der Waals surface area contributed by atoms with Gasteiger partial charge in [-0.25, -0.2) is 0 Å². The third-order valence-electron chi connectivity index (χ3n) is 3.33. The number of aliphatic hydroxyl groups excluding tert-OH is 1. The number of aromatic nitrogens is 1. The maximum Gasteiger partial charge on any atom is 0.0702 e. The molecule has 17 heavy (non-hydrogen) atoms. The fourth-order valence-electron chi connectivity index (χ4n) is 2.52. The van der Waals surface area contributed by atoms with Gasteiger partial charge in [0, 0.05) is 29.2 Å². The zero-order chi connectivity index (χ0) is 12.3. The summed E-state index contributed by atoms with van der Waals surface area (Å²) in [5.41, 5.74) is 2.27. The lowest BCUT2D eigenvalue weighted by Crippen LogP contribution is -2.06. The molecular weight excluding hydrogens is 210 g/mol. The first-order valence-electron chi connectivity index (χ1n) is 6.43. The summed E-state index contributed by atoms with van der Waals surface area (Å²) in [6.07, 6.45) is 4.57. The Hall–Kier alpha value is -1.28. The standard InChI is InChI=1S/C15H21NO/c1-3-6-12(2)9-16-10-13(11-17)14-7-4-5-8-15(14)16/h4-5,7-8,10,12,17H,3,6,9,11H2,1-2H3. The van der Waals surface area contributed by atoms with Crippen LogP contribution in [0.4, 0.5) is 0 Å². The normalized spacial score (nSPS) is 13.1. The van der Waals surface area contributed by atoms with E-state index >= 15 is 0 Å². The number of fused-ring (bicyclic) bond motifs is 1. The molecule has 1 aromatic carbocycles. The van der Waals surface area contributed by atoms with Crippen LogP contribution in [-0.2, 0) is 13.2 Å². The Morgan fingerprint density at radius 3 is 2.76 bits per heavy atom. The highest BCUT2D eigenvalue weighted by Crippen LogP contribution is 2.23. The molecule has 2 rings (SSSR count). The van der Waals surface area contributed by atoms with Crippen LogP contribution in [0.2, 0.25) is 0 Å². The summed E-state index contributed by atoms with van der Waals surface area (Å²) in [5.74, 6) is 0.683. The third-order valence-corrected chi connectivity index (χ3v) is 3.33. The number of para-hydroxylation sites is 1. The SMILES string of the molecule is CCCC(C)Cn1cc(CO)c2ccccc21. The Balaban J connectivity index is 2.33. The van der Waals surface area contributed by atoms with Gasteiger partial charge < -0.3 is 9.67 Å². The molecule has 0 amide bonds. The van der Waals surface area contributed by atoms with Crippen LogP contribution in [0.25, 0.3) is 10.9 Å². The van der Waals surface area contributed by atoms with E-state index in [2.05, 4.69) is 42.8 Å². The van der Waals surface area contributed by atoms with Crippen molar-refractivity contribution in [3.63, 3.8) is 0 Å². The van der Waals surface area contributed by atoms with Gasteiger partial charge in [0.2, 0.25) is 0 Å². The van der Waals surface area contributed by atoms with Gasteiger partial charge >= 0.3 is 0 Å². The molecule has 1 atom stereocenters. The van der Waals surface area contributed by atoms with Gasteiger partial charge in [0.1, 0.15) is 0 Å². The predicted octanol–water partition coefficient (Wildman–Crippen LogP) is 3.57. The summed E-state index contributed by atoms with van der Waals surface area (Å²) < 4.78 is 2.28. The monoisotopic (exact) mass is 231 g/mol. The van der Waals surface area contributed by atoms with E-state index in [1.54, 1.807) is 0 Å². The second-order valence-electron chi connectivity index (χ2n) is 4.88. The largest absolute Gasteiger partial charge is 0.392 e. The van der Waals surface area contributed by atoms with Crippen molar-refractivity contribution in [2.45, 2.75) is 39.8 Å². The average Bonchev–Trinajstić information content (AvgIpc) is 2.68. The molecule has 0 bridgehead atoms. The van der Waals surface area contributed by atoms with Gasteiger partial charge in [0.05, 0.1) is 6.61 Å². The lowest BCUT2D eigenvalue weighted by molar-refractivity contribution is 0.283. The summed E-state index contributed by atoms with van der Waals surface area (Å²) in [7, 11) is 0. The van der Waals surface area contributed by atoms with Gasteiger partial charge in [-0.1, -0.05) is 38.5 Å².